The molecule has 23 heavy (non-hydrogen) atoms. The summed E-state index contributed by atoms with van der Waals surface area (Å²) in [6, 6.07) is 0. The first-order chi connectivity index (χ1) is 10.9. The highest BCUT2D eigenvalue weighted by Gasteiger charge is 2.61. The van der Waals surface area contributed by atoms with Crippen molar-refractivity contribution < 1.29 is 9.84 Å². The predicted octanol–water partition coefficient (Wildman–Crippen LogP) is 4.65. The van der Waals surface area contributed by atoms with E-state index in [2.05, 4.69) is 20.8 Å². The van der Waals surface area contributed by atoms with Crippen molar-refractivity contribution in [2.45, 2.75) is 84.3 Å². The smallest absolute Gasteiger partial charge is 0.0612 e. The van der Waals surface area contributed by atoms with Gasteiger partial charge in [0.15, 0.2) is 0 Å². The van der Waals surface area contributed by atoms with Crippen LogP contribution in [-0.4, -0.2) is 24.4 Å². The van der Waals surface area contributed by atoms with Gasteiger partial charge in [-0.1, -0.05) is 27.2 Å². The van der Waals surface area contributed by atoms with E-state index in [1.54, 1.807) is 0 Å². The second kappa shape index (κ2) is 5.46. The van der Waals surface area contributed by atoms with Gasteiger partial charge in [0.25, 0.3) is 0 Å². The molecule has 0 bridgehead atoms. The molecule has 0 aromatic heterocycles. The quantitative estimate of drug-likeness (QED) is 0.762. The van der Waals surface area contributed by atoms with Crippen molar-refractivity contribution in [3.05, 3.63) is 0 Å². The second-order valence-corrected chi connectivity index (χ2v) is 10.1. The molecule has 4 saturated carbocycles. The topological polar surface area (TPSA) is 29.5 Å². The Labute approximate surface area is 142 Å². The summed E-state index contributed by atoms with van der Waals surface area (Å²) < 4.78 is 6.15. The number of aliphatic hydroxyl groups is 1. The molecule has 4 aliphatic rings. The minimum atomic E-state index is -0.0778. The number of fused-ring (bicyclic) bond motifs is 5. The maximum absolute atomic E-state index is 10.4. The van der Waals surface area contributed by atoms with Crippen molar-refractivity contribution in [2.24, 2.45) is 40.4 Å². The Morgan fingerprint density at radius 2 is 1.87 bits per heavy atom. The molecule has 2 nitrogen and oxygen atoms in total. The first-order valence-corrected chi connectivity index (χ1v) is 10.1. The average molecular weight is 321 g/mol. The van der Waals surface area contributed by atoms with Gasteiger partial charge in [-0.15, -0.1) is 0 Å². The molecule has 4 rings (SSSR count). The molecular weight excluding hydrogens is 284 g/mol. The van der Waals surface area contributed by atoms with Gasteiger partial charge < -0.3 is 9.84 Å². The van der Waals surface area contributed by atoms with Crippen molar-refractivity contribution in [1.29, 1.82) is 0 Å². The van der Waals surface area contributed by atoms with Crippen LogP contribution in [0.25, 0.3) is 0 Å². The van der Waals surface area contributed by atoms with Gasteiger partial charge in [0, 0.05) is 7.11 Å². The summed E-state index contributed by atoms with van der Waals surface area (Å²) in [6.45, 7) is 7.37. The molecule has 2 heteroatoms. The molecule has 0 amide bonds. The van der Waals surface area contributed by atoms with Gasteiger partial charge in [0.2, 0.25) is 0 Å². The van der Waals surface area contributed by atoms with E-state index in [1.165, 1.54) is 44.9 Å². The lowest BCUT2D eigenvalue weighted by Gasteiger charge is -2.63. The van der Waals surface area contributed by atoms with Crippen LogP contribution < -0.4 is 0 Å². The summed E-state index contributed by atoms with van der Waals surface area (Å²) >= 11 is 0. The van der Waals surface area contributed by atoms with E-state index in [-0.39, 0.29) is 6.10 Å². The third-order valence-electron chi connectivity index (χ3n) is 8.99. The summed E-state index contributed by atoms with van der Waals surface area (Å²) in [7, 11) is 1.95. The highest BCUT2D eigenvalue weighted by Crippen LogP contribution is 2.67. The first-order valence-electron chi connectivity index (χ1n) is 10.1. The summed E-state index contributed by atoms with van der Waals surface area (Å²) in [5.74, 6) is 3.67. The Morgan fingerprint density at radius 3 is 2.61 bits per heavy atom. The molecule has 4 aliphatic carbocycles. The predicted molar refractivity (Wildman–Crippen MR) is 93.1 cm³/mol. The molecule has 9 atom stereocenters. The zero-order valence-electron chi connectivity index (χ0n) is 15.6. The number of rotatable bonds is 1. The van der Waals surface area contributed by atoms with Crippen LogP contribution in [0.4, 0.5) is 0 Å². The van der Waals surface area contributed by atoms with Gasteiger partial charge in [0.05, 0.1) is 12.2 Å². The van der Waals surface area contributed by atoms with Crippen LogP contribution in [0.2, 0.25) is 0 Å². The first kappa shape index (κ1) is 16.4. The van der Waals surface area contributed by atoms with Crippen LogP contribution in [0.3, 0.4) is 0 Å². The minimum Gasteiger partial charge on any atom is -0.393 e. The maximum Gasteiger partial charge on any atom is 0.0612 e. The molecule has 0 unspecified atom stereocenters. The van der Waals surface area contributed by atoms with Crippen LogP contribution in [0.1, 0.15) is 72.1 Å². The Kier molecular flexibility index (Phi) is 3.89. The Bertz CT molecular complexity index is 463. The van der Waals surface area contributed by atoms with Gasteiger partial charge in [-0.25, -0.2) is 0 Å². The van der Waals surface area contributed by atoms with E-state index < -0.39 is 0 Å². The van der Waals surface area contributed by atoms with E-state index in [1.807, 2.05) is 7.11 Å². The van der Waals surface area contributed by atoms with E-state index in [0.717, 1.165) is 24.2 Å². The summed E-state index contributed by atoms with van der Waals surface area (Å²) in [5, 5.41) is 10.4. The molecule has 0 saturated heterocycles. The van der Waals surface area contributed by atoms with Crippen LogP contribution in [0, 0.1) is 40.4 Å². The molecule has 0 spiro atoms. The van der Waals surface area contributed by atoms with Crippen molar-refractivity contribution >= 4 is 0 Å². The largest absolute Gasteiger partial charge is 0.393 e. The summed E-state index contributed by atoms with van der Waals surface area (Å²) in [4.78, 5) is 0. The molecule has 0 aromatic carbocycles. The lowest BCUT2D eigenvalue weighted by Crippen LogP contribution is -2.59. The van der Waals surface area contributed by atoms with Crippen molar-refractivity contribution in [3.63, 3.8) is 0 Å². The Hall–Kier alpha value is -0.0800. The zero-order valence-corrected chi connectivity index (χ0v) is 15.6. The number of aliphatic hydroxyl groups excluding tert-OH is 1. The molecule has 0 aromatic rings. The standard InChI is InChI=1S/C21H36O2/c1-13-11-21(3)14(10-17(13)22)7-8-15-16-6-5-9-20(16,2)12-18(23-4)19(15)21/h13-19,22H,5-12H2,1-4H3/t13-,14+,15+,16+,17+,18+,19-,20+,21+/m1/s1. The highest BCUT2D eigenvalue weighted by atomic mass is 16.5. The van der Waals surface area contributed by atoms with E-state index in [4.69, 9.17) is 4.74 Å². The van der Waals surface area contributed by atoms with Crippen LogP contribution >= 0.6 is 0 Å². The molecule has 1 N–H and O–H groups in total. The Balaban J connectivity index is 1.70. The molecule has 132 valence electrons. The Morgan fingerprint density at radius 1 is 1.09 bits per heavy atom. The molecular formula is C21H36O2. The van der Waals surface area contributed by atoms with Gasteiger partial charge in [0.1, 0.15) is 0 Å². The maximum atomic E-state index is 10.4. The zero-order chi connectivity index (χ0) is 16.4. The lowest BCUT2D eigenvalue weighted by molar-refractivity contribution is -0.188. The SMILES string of the molecule is CO[C@H]1C[C@]2(C)CCC[C@H]2[C@@H]2CC[C@H]3C[C@H](O)[C@H](C)C[C@]3(C)[C@H]21. The van der Waals surface area contributed by atoms with E-state index in [0.29, 0.717) is 28.8 Å². The van der Waals surface area contributed by atoms with Gasteiger partial charge >= 0.3 is 0 Å². The third-order valence-corrected chi connectivity index (χ3v) is 8.99. The number of hydrogen-bond acceptors (Lipinski definition) is 2. The fraction of sp³-hybridized carbons (Fsp3) is 1.00. The molecule has 0 radical (unpaired) electrons. The van der Waals surface area contributed by atoms with E-state index >= 15 is 0 Å². The number of ether oxygens (including phenoxy) is 1. The fourth-order valence-electron chi connectivity index (χ4n) is 7.92. The minimum absolute atomic E-state index is 0.0778. The van der Waals surface area contributed by atoms with Crippen molar-refractivity contribution in [3.8, 4) is 0 Å². The van der Waals surface area contributed by atoms with Gasteiger partial charge in [-0.05, 0) is 85.4 Å². The average Bonchev–Trinajstić information content (AvgIpc) is 2.89. The fourth-order valence-corrected chi connectivity index (χ4v) is 7.92. The van der Waals surface area contributed by atoms with Crippen molar-refractivity contribution in [1.82, 2.24) is 0 Å². The lowest BCUT2D eigenvalue weighted by atomic mass is 9.43. The van der Waals surface area contributed by atoms with Crippen LogP contribution in [0.15, 0.2) is 0 Å². The summed E-state index contributed by atoms with van der Waals surface area (Å²) in [6.07, 6.45) is 10.9. The third kappa shape index (κ3) is 2.27. The van der Waals surface area contributed by atoms with Crippen LogP contribution in [0.5, 0.6) is 0 Å². The monoisotopic (exact) mass is 320 g/mol. The number of hydrogen-bond donors (Lipinski definition) is 1. The van der Waals surface area contributed by atoms with Crippen molar-refractivity contribution in [2.75, 3.05) is 7.11 Å². The van der Waals surface area contributed by atoms with Gasteiger partial charge in [-0.3, -0.25) is 0 Å². The van der Waals surface area contributed by atoms with E-state index in [9.17, 15) is 5.11 Å². The number of methoxy groups -OCH3 is 1. The molecule has 0 aliphatic heterocycles. The molecule has 0 heterocycles. The highest BCUT2D eigenvalue weighted by molar-refractivity contribution is 5.11. The van der Waals surface area contributed by atoms with Gasteiger partial charge in [-0.2, -0.15) is 0 Å². The van der Waals surface area contributed by atoms with Crippen LogP contribution in [-0.2, 0) is 4.74 Å². The molecule has 4 fully saturated rings. The summed E-state index contributed by atoms with van der Waals surface area (Å²) in [5.41, 5.74) is 0.914. The normalized spacial score (nSPS) is 59.1. The second-order valence-electron chi connectivity index (χ2n) is 10.1.